The Kier molecular flexibility index (Phi) is 4.73. The molecule has 2 aromatic carbocycles. The summed E-state index contributed by atoms with van der Waals surface area (Å²) in [5, 5.41) is 12.5. The number of aromatic nitrogens is 2. The van der Waals surface area contributed by atoms with Gasteiger partial charge in [0.25, 0.3) is 0 Å². The molecule has 0 saturated carbocycles. The zero-order valence-corrected chi connectivity index (χ0v) is 17.1. The van der Waals surface area contributed by atoms with Crippen LogP contribution in [0.5, 0.6) is 5.75 Å². The fourth-order valence-corrected chi connectivity index (χ4v) is 3.83. The molecule has 4 rings (SSSR count). The molecule has 0 aliphatic heterocycles. The Morgan fingerprint density at radius 3 is 2.46 bits per heavy atom. The molecule has 0 aliphatic rings. The molecule has 132 valence electrons. The van der Waals surface area contributed by atoms with Crippen molar-refractivity contribution in [2.24, 2.45) is 0 Å². The topological polar surface area (TPSA) is 47.3 Å². The lowest BCUT2D eigenvalue weighted by Gasteiger charge is -2.24. The van der Waals surface area contributed by atoms with E-state index in [9.17, 15) is 5.11 Å². The molecule has 2 atom stereocenters. The van der Waals surface area contributed by atoms with Crippen molar-refractivity contribution in [3.63, 3.8) is 0 Å². The number of benzene rings is 2. The summed E-state index contributed by atoms with van der Waals surface area (Å²) >= 11 is 7.05. The lowest BCUT2D eigenvalue weighted by Crippen LogP contribution is -2.27. The fourth-order valence-electron chi connectivity index (χ4n) is 3.13. The summed E-state index contributed by atoms with van der Waals surface area (Å²) in [6, 6.07) is 17.6. The van der Waals surface area contributed by atoms with Crippen molar-refractivity contribution in [3.05, 3.63) is 69.7 Å². The quantitative estimate of drug-likeness (QED) is 0.413. The van der Waals surface area contributed by atoms with Crippen molar-refractivity contribution >= 4 is 53.8 Å². The molecule has 2 aromatic heterocycles. The maximum Gasteiger partial charge on any atom is 0.203 e. The van der Waals surface area contributed by atoms with Gasteiger partial charge in [0, 0.05) is 25.9 Å². The minimum atomic E-state index is -0.733. The third kappa shape index (κ3) is 3.13. The van der Waals surface area contributed by atoms with Gasteiger partial charge in [0.15, 0.2) is 0 Å². The van der Waals surface area contributed by atoms with Gasteiger partial charge in [0.2, 0.25) is 6.23 Å². The summed E-state index contributed by atoms with van der Waals surface area (Å²) < 4.78 is 10.00. The molecule has 1 N–H and O–H groups in total. The number of fused-ring (bicyclic) bond motifs is 3. The molecule has 0 bridgehead atoms. The van der Waals surface area contributed by atoms with Crippen LogP contribution in [0.4, 0.5) is 0 Å². The van der Waals surface area contributed by atoms with Gasteiger partial charge in [-0.05, 0) is 59.3 Å². The predicted octanol–water partition coefficient (Wildman–Crippen LogP) is 5.67. The largest absolute Gasteiger partial charge is 0.467 e. The lowest BCUT2D eigenvalue weighted by atomic mass is 10.2. The van der Waals surface area contributed by atoms with Crippen molar-refractivity contribution in [2.75, 3.05) is 0 Å². The first kappa shape index (κ1) is 17.5. The van der Waals surface area contributed by atoms with E-state index in [4.69, 9.17) is 4.74 Å². The van der Waals surface area contributed by atoms with Crippen molar-refractivity contribution in [3.8, 4) is 5.75 Å². The van der Waals surface area contributed by atoms with Gasteiger partial charge in [0.1, 0.15) is 17.5 Å². The highest BCUT2D eigenvalue weighted by Gasteiger charge is 2.25. The van der Waals surface area contributed by atoms with Gasteiger partial charge in [-0.1, -0.05) is 34.1 Å². The summed E-state index contributed by atoms with van der Waals surface area (Å²) in [5.41, 5.74) is 1.72. The second-order valence-corrected chi connectivity index (χ2v) is 7.95. The molecular formula is C20H16Br2N2O2. The smallest absolute Gasteiger partial charge is 0.203 e. The van der Waals surface area contributed by atoms with E-state index >= 15 is 0 Å². The first-order valence-corrected chi connectivity index (χ1v) is 9.77. The summed E-state index contributed by atoms with van der Waals surface area (Å²) in [5.74, 6) is 0.697. The van der Waals surface area contributed by atoms with Gasteiger partial charge >= 0.3 is 0 Å². The number of nitrogens with zero attached hydrogens (tertiary/aromatic N) is 2. The van der Waals surface area contributed by atoms with Crippen molar-refractivity contribution in [1.82, 2.24) is 9.55 Å². The Hall–Kier alpha value is -1.89. The molecule has 0 aliphatic carbocycles. The third-order valence-corrected chi connectivity index (χ3v) is 5.16. The van der Waals surface area contributed by atoms with E-state index in [0.717, 1.165) is 30.9 Å². The standard InChI is InChI=1S/C20H16Br2N2O2/c1-12(25)20(26-15-5-3-2-4-6-15)24-18-8-7-13(21)9-16(18)17-10-14(22)11-23-19(17)24/h2-12,20,25H,1H3. The monoisotopic (exact) mass is 474 g/mol. The second kappa shape index (κ2) is 7.02. The Morgan fingerprint density at radius 2 is 1.73 bits per heavy atom. The lowest BCUT2D eigenvalue weighted by molar-refractivity contribution is 0.00641. The van der Waals surface area contributed by atoms with Crippen LogP contribution in [-0.2, 0) is 0 Å². The van der Waals surface area contributed by atoms with Crippen LogP contribution in [0.2, 0.25) is 0 Å². The normalized spacial score (nSPS) is 13.8. The molecule has 0 fully saturated rings. The summed E-state index contributed by atoms with van der Waals surface area (Å²) in [6.45, 7) is 1.73. The van der Waals surface area contributed by atoms with E-state index in [2.05, 4.69) is 42.9 Å². The highest BCUT2D eigenvalue weighted by atomic mass is 79.9. The third-order valence-electron chi connectivity index (χ3n) is 4.24. The van der Waals surface area contributed by atoms with Crippen LogP contribution >= 0.6 is 31.9 Å². The number of rotatable bonds is 4. The Bertz CT molecular complexity index is 1020. The van der Waals surface area contributed by atoms with Crippen molar-refractivity contribution < 1.29 is 9.84 Å². The first-order chi connectivity index (χ1) is 12.5. The Balaban J connectivity index is 1.97. The van der Waals surface area contributed by atoms with Crippen LogP contribution in [-0.4, -0.2) is 20.8 Å². The van der Waals surface area contributed by atoms with E-state index in [1.54, 1.807) is 13.1 Å². The maximum absolute atomic E-state index is 10.5. The Labute approximate surface area is 167 Å². The van der Waals surface area contributed by atoms with E-state index in [1.165, 1.54) is 0 Å². The molecule has 4 aromatic rings. The van der Waals surface area contributed by atoms with Gasteiger partial charge in [-0.15, -0.1) is 0 Å². The molecule has 0 spiro atoms. The zero-order valence-electron chi connectivity index (χ0n) is 13.9. The molecule has 0 amide bonds. The minimum absolute atomic E-state index is 0.604. The second-order valence-electron chi connectivity index (χ2n) is 6.12. The van der Waals surface area contributed by atoms with E-state index in [-0.39, 0.29) is 0 Å². The number of aliphatic hydroxyl groups is 1. The van der Waals surface area contributed by atoms with E-state index in [1.807, 2.05) is 53.1 Å². The fraction of sp³-hybridized carbons (Fsp3) is 0.150. The number of para-hydroxylation sites is 1. The van der Waals surface area contributed by atoms with Gasteiger partial charge in [-0.3, -0.25) is 4.57 Å². The molecule has 2 heterocycles. The van der Waals surface area contributed by atoms with Crippen LogP contribution < -0.4 is 4.74 Å². The van der Waals surface area contributed by atoms with Crippen LogP contribution in [0.15, 0.2) is 69.7 Å². The van der Waals surface area contributed by atoms with Crippen LogP contribution in [0.3, 0.4) is 0 Å². The van der Waals surface area contributed by atoms with Crippen molar-refractivity contribution in [2.45, 2.75) is 19.3 Å². The first-order valence-electron chi connectivity index (χ1n) is 8.19. The molecule has 4 nitrogen and oxygen atoms in total. The highest BCUT2D eigenvalue weighted by Crippen LogP contribution is 2.35. The molecular weight excluding hydrogens is 460 g/mol. The SMILES string of the molecule is CC(O)C(Oc1ccccc1)n1c2ccc(Br)cc2c2cc(Br)cnc21. The molecule has 26 heavy (non-hydrogen) atoms. The number of halogens is 2. The number of ether oxygens (including phenoxy) is 1. The highest BCUT2D eigenvalue weighted by molar-refractivity contribution is 9.10. The molecule has 6 heteroatoms. The number of hydrogen-bond acceptors (Lipinski definition) is 3. The number of aliphatic hydroxyl groups excluding tert-OH is 1. The van der Waals surface area contributed by atoms with Gasteiger partial charge in [-0.2, -0.15) is 0 Å². The maximum atomic E-state index is 10.5. The summed E-state index contributed by atoms with van der Waals surface area (Å²) in [6.07, 6.45) is 0.421. The van der Waals surface area contributed by atoms with Gasteiger partial charge in [0.05, 0.1) is 5.52 Å². The number of hydrogen-bond donors (Lipinski definition) is 1. The van der Waals surface area contributed by atoms with E-state index < -0.39 is 12.3 Å². The average molecular weight is 476 g/mol. The molecule has 0 saturated heterocycles. The minimum Gasteiger partial charge on any atom is -0.467 e. The van der Waals surface area contributed by atoms with Crippen LogP contribution in [0.25, 0.3) is 21.9 Å². The number of pyridine rings is 1. The molecule has 2 unspecified atom stereocenters. The predicted molar refractivity (Wildman–Crippen MR) is 110 cm³/mol. The Morgan fingerprint density at radius 1 is 1.00 bits per heavy atom. The van der Waals surface area contributed by atoms with Crippen molar-refractivity contribution in [1.29, 1.82) is 0 Å². The average Bonchev–Trinajstić information content (AvgIpc) is 2.93. The zero-order chi connectivity index (χ0) is 18.3. The summed E-state index contributed by atoms with van der Waals surface area (Å²) in [7, 11) is 0. The summed E-state index contributed by atoms with van der Waals surface area (Å²) in [4.78, 5) is 4.60. The van der Waals surface area contributed by atoms with Gasteiger partial charge in [-0.25, -0.2) is 4.98 Å². The van der Waals surface area contributed by atoms with Crippen LogP contribution in [0, 0.1) is 0 Å². The van der Waals surface area contributed by atoms with Crippen LogP contribution in [0.1, 0.15) is 13.2 Å². The molecule has 0 radical (unpaired) electrons. The van der Waals surface area contributed by atoms with E-state index in [0.29, 0.717) is 5.75 Å². The van der Waals surface area contributed by atoms with Gasteiger partial charge < -0.3 is 9.84 Å².